The Bertz CT molecular complexity index is 434. The van der Waals surface area contributed by atoms with Crippen LogP contribution in [0.2, 0.25) is 5.02 Å². The van der Waals surface area contributed by atoms with Crippen molar-refractivity contribution in [3.05, 3.63) is 33.3 Å². The minimum atomic E-state index is 0.276. The number of benzene rings is 1. The van der Waals surface area contributed by atoms with Crippen LogP contribution in [0.3, 0.4) is 0 Å². The minimum absolute atomic E-state index is 0.276. The van der Waals surface area contributed by atoms with Crippen LogP contribution in [0.4, 0.5) is 0 Å². The molecule has 2 rings (SSSR count). The van der Waals surface area contributed by atoms with Gasteiger partial charge >= 0.3 is 0 Å². The Morgan fingerprint density at radius 3 is 2.72 bits per heavy atom. The summed E-state index contributed by atoms with van der Waals surface area (Å²) in [6.45, 7) is 7.49. The summed E-state index contributed by atoms with van der Waals surface area (Å²) in [6.07, 6.45) is 1.23. The largest absolute Gasteiger partial charge is 0.329 e. The first-order valence-corrected chi connectivity index (χ1v) is 7.49. The lowest BCUT2D eigenvalue weighted by atomic mass is 9.93. The van der Waals surface area contributed by atoms with Crippen LogP contribution < -0.4 is 5.73 Å². The molecule has 0 radical (unpaired) electrons. The predicted molar refractivity (Wildman–Crippen MR) is 80.9 cm³/mol. The molecule has 0 aliphatic carbocycles. The summed E-state index contributed by atoms with van der Waals surface area (Å²) in [6, 6.07) is 6.24. The minimum Gasteiger partial charge on any atom is -0.329 e. The van der Waals surface area contributed by atoms with Crippen molar-refractivity contribution < 1.29 is 0 Å². The SMILES string of the molecule is CC1(C)CCN(C(CN)c2ccc(Cl)cc2Br)C1. The molecule has 0 bridgehead atoms. The summed E-state index contributed by atoms with van der Waals surface area (Å²) >= 11 is 9.59. The molecule has 2 N–H and O–H groups in total. The second-order valence-corrected chi connectivity index (χ2v) is 7.09. The molecule has 1 atom stereocenters. The molecule has 100 valence electrons. The van der Waals surface area contributed by atoms with Gasteiger partial charge in [0.15, 0.2) is 0 Å². The van der Waals surface area contributed by atoms with E-state index in [1.807, 2.05) is 12.1 Å². The predicted octanol–water partition coefficient (Wildman–Crippen LogP) is 3.83. The summed E-state index contributed by atoms with van der Waals surface area (Å²) in [7, 11) is 0. The Balaban J connectivity index is 2.23. The van der Waals surface area contributed by atoms with Gasteiger partial charge < -0.3 is 5.73 Å². The zero-order chi connectivity index (χ0) is 13.3. The van der Waals surface area contributed by atoms with Gasteiger partial charge in [0.25, 0.3) is 0 Å². The number of rotatable bonds is 3. The van der Waals surface area contributed by atoms with Crippen molar-refractivity contribution in [2.24, 2.45) is 11.1 Å². The van der Waals surface area contributed by atoms with Crippen molar-refractivity contribution >= 4 is 27.5 Å². The summed E-state index contributed by atoms with van der Waals surface area (Å²) in [5.74, 6) is 0. The number of nitrogens with two attached hydrogens (primary N) is 1. The topological polar surface area (TPSA) is 29.3 Å². The van der Waals surface area contributed by atoms with Crippen molar-refractivity contribution in [3.63, 3.8) is 0 Å². The van der Waals surface area contributed by atoms with E-state index in [0.29, 0.717) is 12.0 Å². The molecule has 4 heteroatoms. The van der Waals surface area contributed by atoms with E-state index in [0.717, 1.165) is 22.6 Å². The van der Waals surface area contributed by atoms with Gasteiger partial charge in [0.05, 0.1) is 0 Å². The van der Waals surface area contributed by atoms with E-state index >= 15 is 0 Å². The van der Waals surface area contributed by atoms with Crippen LogP contribution in [0, 0.1) is 5.41 Å². The first-order chi connectivity index (χ1) is 8.43. The fraction of sp³-hybridized carbons (Fsp3) is 0.571. The van der Waals surface area contributed by atoms with Crippen molar-refractivity contribution in [2.45, 2.75) is 26.3 Å². The molecular weight excluding hydrogens is 312 g/mol. The second-order valence-electron chi connectivity index (χ2n) is 5.80. The normalized spacial score (nSPS) is 21.2. The maximum Gasteiger partial charge on any atom is 0.0481 e. The van der Waals surface area contributed by atoms with Gasteiger partial charge in [-0.3, -0.25) is 4.90 Å². The van der Waals surface area contributed by atoms with Crippen LogP contribution in [0.5, 0.6) is 0 Å². The molecule has 2 nitrogen and oxygen atoms in total. The van der Waals surface area contributed by atoms with Crippen LogP contribution in [0.1, 0.15) is 31.9 Å². The fourth-order valence-electron chi connectivity index (χ4n) is 2.66. The van der Waals surface area contributed by atoms with Crippen LogP contribution in [-0.4, -0.2) is 24.5 Å². The molecule has 18 heavy (non-hydrogen) atoms. The van der Waals surface area contributed by atoms with E-state index in [2.05, 4.69) is 40.7 Å². The summed E-state index contributed by atoms with van der Waals surface area (Å²) < 4.78 is 1.05. The quantitative estimate of drug-likeness (QED) is 0.912. The molecule has 1 saturated heterocycles. The van der Waals surface area contributed by atoms with Gasteiger partial charge in [0.2, 0.25) is 0 Å². The lowest BCUT2D eigenvalue weighted by Gasteiger charge is -2.29. The zero-order valence-corrected chi connectivity index (χ0v) is 13.3. The lowest BCUT2D eigenvalue weighted by molar-refractivity contribution is 0.223. The Morgan fingerprint density at radius 2 is 2.22 bits per heavy atom. The smallest absolute Gasteiger partial charge is 0.0481 e. The Morgan fingerprint density at radius 1 is 1.50 bits per heavy atom. The third-order valence-corrected chi connectivity index (χ3v) is 4.61. The molecular formula is C14H20BrClN2. The molecule has 0 saturated carbocycles. The number of halogens is 2. The van der Waals surface area contributed by atoms with E-state index in [4.69, 9.17) is 17.3 Å². The number of hydrogen-bond acceptors (Lipinski definition) is 2. The van der Waals surface area contributed by atoms with Gasteiger partial charge in [-0.15, -0.1) is 0 Å². The molecule has 0 aromatic heterocycles. The summed E-state index contributed by atoms with van der Waals surface area (Å²) in [5, 5.41) is 0.753. The van der Waals surface area contributed by atoms with Crippen LogP contribution >= 0.6 is 27.5 Å². The fourth-order valence-corrected chi connectivity index (χ4v) is 3.61. The summed E-state index contributed by atoms with van der Waals surface area (Å²) in [5.41, 5.74) is 7.62. The van der Waals surface area contributed by atoms with Crippen molar-refractivity contribution in [3.8, 4) is 0 Å². The number of nitrogens with zero attached hydrogens (tertiary/aromatic N) is 1. The van der Waals surface area contributed by atoms with Crippen molar-refractivity contribution in [1.29, 1.82) is 0 Å². The van der Waals surface area contributed by atoms with Crippen molar-refractivity contribution in [1.82, 2.24) is 4.90 Å². The molecule has 1 heterocycles. The molecule has 1 fully saturated rings. The third-order valence-electron chi connectivity index (χ3n) is 3.69. The first-order valence-electron chi connectivity index (χ1n) is 6.32. The Hall–Kier alpha value is -0.0900. The van der Waals surface area contributed by atoms with Gasteiger partial charge in [0.1, 0.15) is 0 Å². The van der Waals surface area contributed by atoms with Gasteiger partial charge in [-0.2, -0.15) is 0 Å². The van der Waals surface area contributed by atoms with E-state index in [9.17, 15) is 0 Å². The van der Waals surface area contributed by atoms with Gasteiger partial charge in [-0.1, -0.05) is 47.4 Å². The molecule has 1 aliphatic heterocycles. The summed E-state index contributed by atoms with van der Waals surface area (Å²) in [4.78, 5) is 2.48. The Kier molecular flexibility index (Phi) is 4.37. The lowest BCUT2D eigenvalue weighted by Crippen LogP contribution is -2.33. The molecule has 0 spiro atoms. The highest BCUT2D eigenvalue weighted by molar-refractivity contribution is 9.10. The van der Waals surface area contributed by atoms with E-state index < -0.39 is 0 Å². The van der Waals surface area contributed by atoms with Gasteiger partial charge in [-0.05, 0) is 36.1 Å². The average Bonchev–Trinajstić information content (AvgIpc) is 2.63. The van der Waals surface area contributed by atoms with Crippen molar-refractivity contribution in [2.75, 3.05) is 19.6 Å². The highest BCUT2D eigenvalue weighted by atomic mass is 79.9. The average molecular weight is 332 g/mol. The van der Waals surface area contributed by atoms with E-state index in [1.165, 1.54) is 12.0 Å². The maximum absolute atomic E-state index is 5.99. The number of hydrogen-bond donors (Lipinski definition) is 1. The monoisotopic (exact) mass is 330 g/mol. The molecule has 1 aromatic carbocycles. The zero-order valence-electron chi connectivity index (χ0n) is 10.9. The third kappa shape index (κ3) is 3.08. The van der Waals surface area contributed by atoms with Gasteiger partial charge in [-0.25, -0.2) is 0 Å². The molecule has 0 amide bonds. The van der Waals surface area contributed by atoms with Crippen LogP contribution in [0.25, 0.3) is 0 Å². The van der Waals surface area contributed by atoms with Crippen LogP contribution in [-0.2, 0) is 0 Å². The standard InChI is InChI=1S/C14H20BrClN2/c1-14(2)5-6-18(9-14)13(8-17)11-4-3-10(16)7-12(11)15/h3-4,7,13H,5-6,8-9,17H2,1-2H3. The second kappa shape index (κ2) is 5.49. The van der Waals surface area contributed by atoms with Crippen LogP contribution in [0.15, 0.2) is 22.7 Å². The molecule has 1 aliphatic rings. The maximum atomic E-state index is 5.99. The van der Waals surface area contributed by atoms with E-state index in [1.54, 1.807) is 0 Å². The molecule has 1 aromatic rings. The van der Waals surface area contributed by atoms with E-state index in [-0.39, 0.29) is 6.04 Å². The molecule has 1 unspecified atom stereocenters. The number of likely N-dealkylation sites (tertiary alicyclic amines) is 1. The Labute approximate surface area is 123 Å². The highest BCUT2D eigenvalue weighted by Crippen LogP contribution is 2.36. The van der Waals surface area contributed by atoms with Gasteiger partial charge in [0, 0.05) is 28.6 Å². The highest BCUT2D eigenvalue weighted by Gasteiger charge is 2.33. The first kappa shape index (κ1) is 14.3.